The third-order valence-electron chi connectivity index (χ3n) is 4.98. The van der Waals surface area contributed by atoms with Crippen LogP contribution in [-0.2, 0) is 9.59 Å². The first kappa shape index (κ1) is 20.3. The van der Waals surface area contributed by atoms with E-state index >= 15 is 0 Å². The van der Waals surface area contributed by atoms with Gasteiger partial charge in [-0.1, -0.05) is 26.0 Å². The predicted molar refractivity (Wildman–Crippen MR) is 111 cm³/mol. The second kappa shape index (κ2) is 8.68. The molecule has 1 fully saturated rings. The number of ether oxygens (including phenoxy) is 1. The van der Waals surface area contributed by atoms with Gasteiger partial charge in [0, 0.05) is 6.21 Å². The molecular weight excluding hydrogens is 370 g/mol. The Bertz CT molecular complexity index is 936. The van der Waals surface area contributed by atoms with Crippen LogP contribution in [0.25, 0.3) is 0 Å². The van der Waals surface area contributed by atoms with Crippen molar-refractivity contribution in [2.75, 3.05) is 12.0 Å². The van der Waals surface area contributed by atoms with Gasteiger partial charge in [-0.2, -0.15) is 0 Å². The number of imide groups is 2. The van der Waals surface area contributed by atoms with Crippen LogP contribution in [0.2, 0.25) is 0 Å². The summed E-state index contributed by atoms with van der Waals surface area (Å²) in [7, 11) is 1.52. The lowest BCUT2D eigenvalue weighted by Crippen LogP contribution is -2.58. The highest BCUT2D eigenvalue weighted by Gasteiger charge is 2.40. The normalized spacial score (nSPS) is 18.1. The first-order chi connectivity index (χ1) is 13.9. The van der Waals surface area contributed by atoms with Crippen molar-refractivity contribution in [1.82, 2.24) is 5.32 Å². The SMILES string of the molecule is CCC(C)c1ccc(N=CC2C(=O)NC(=O)N(c3ccc(OC)cc3)C2=O)cc1. The van der Waals surface area contributed by atoms with Crippen LogP contribution in [-0.4, -0.2) is 31.2 Å². The highest BCUT2D eigenvalue weighted by Crippen LogP contribution is 2.24. The molecule has 29 heavy (non-hydrogen) atoms. The number of hydrogen-bond donors (Lipinski definition) is 1. The Labute approximate surface area is 169 Å². The van der Waals surface area contributed by atoms with Crippen molar-refractivity contribution in [3.8, 4) is 5.75 Å². The van der Waals surface area contributed by atoms with Crippen molar-refractivity contribution in [1.29, 1.82) is 0 Å². The molecule has 2 aromatic carbocycles. The van der Waals surface area contributed by atoms with Crippen molar-refractivity contribution in [3.05, 3.63) is 54.1 Å². The maximum absolute atomic E-state index is 12.8. The molecule has 0 spiro atoms. The molecule has 2 aromatic rings. The number of nitrogens with one attached hydrogen (secondary N) is 1. The molecule has 1 saturated heterocycles. The standard InChI is InChI=1S/C22H23N3O4/c1-4-14(2)15-5-7-16(8-6-15)23-13-19-20(26)24-22(28)25(21(19)27)17-9-11-18(29-3)12-10-17/h5-14,19H,4H2,1-3H3,(H,24,26,28). The Morgan fingerprint density at radius 3 is 2.34 bits per heavy atom. The van der Waals surface area contributed by atoms with Crippen molar-refractivity contribution >= 4 is 35.4 Å². The van der Waals surface area contributed by atoms with Crippen molar-refractivity contribution < 1.29 is 19.1 Å². The molecule has 4 amide bonds. The highest BCUT2D eigenvalue weighted by molar-refractivity contribution is 6.32. The summed E-state index contributed by atoms with van der Waals surface area (Å²) in [5.41, 5.74) is 2.18. The van der Waals surface area contributed by atoms with Gasteiger partial charge in [0.15, 0.2) is 5.92 Å². The van der Waals surface area contributed by atoms with Crippen molar-refractivity contribution in [2.24, 2.45) is 10.9 Å². The van der Waals surface area contributed by atoms with E-state index < -0.39 is 23.8 Å². The largest absolute Gasteiger partial charge is 0.497 e. The van der Waals surface area contributed by atoms with Crippen LogP contribution in [0.4, 0.5) is 16.2 Å². The van der Waals surface area contributed by atoms with Crippen molar-refractivity contribution in [3.63, 3.8) is 0 Å². The summed E-state index contributed by atoms with van der Waals surface area (Å²) in [6, 6.07) is 13.3. The number of anilines is 1. The maximum Gasteiger partial charge on any atom is 0.335 e. The first-order valence-electron chi connectivity index (χ1n) is 9.41. The quantitative estimate of drug-likeness (QED) is 0.597. The third kappa shape index (κ3) is 4.34. The molecule has 1 heterocycles. The lowest BCUT2D eigenvalue weighted by Gasteiger charge is -2.28. The van der Waals surface area contributed by atoms with E-state index in [4.69, 9.17) is 4.74 Å². The molecule has 1 N–H and O–H groups in total. The zero-order valence-electron chi connectivity index (χ0n) is 16.6. The molecule has 2 atom stereocenters. The number of amides is 4. The van der Waals surface area contributed by atoms with Gasteiger partial charge in [0.2, 0.25) is 5.91 Å². The van der Waals surface area contributed by atoms with Gasteiger partial charge in [0.25, 0.3) is 5.91 Å². The molecule has 0 saturated carbocycles. The Kier molecular flexibility index (Phi) is 6.07. The molecule has 0 radical (unpaired) electrons. The number of barbiturate groups is 1. The molecule has 0 aromatic heterocycles. The van der Waals surface area contributed by atoms with Gasteiger partial charge in [0.1, 0.15) is 5.75 Å². The van der Waals surface area contributed by atoms with E-state index in [1.165, 1.54) is 18.9 Å². The van der Waals surface area contributed by atoms with E-state index in [-0.39, 0.29) is 0 Å². The van der Waals surface area contributed by atoms with Crippen LogP contribution in [0, 0.1) is 5.92 Å². The fourth-order valence-corrected chi connectivity index (χ4v) is 2.98. The Morgan fingerprint density at radius 1 is 1.10 bits per heavy atom. The molecule has 2 unspecified atom stereocenters. The molecule has 150 valence electrons. The number of carbonyl (C=O) groups excluding carboxylic acids is 3. The monoisotopic (exact) mass is 393 g/mol. The summed E-state index contributed by atoms with van der Waals surface area (Å²) in [4.78, 5) is 42.5. The smallest absolute Gasteiger partial charge is 0.335 e. The molecule has 1 aliphatic heterocycles. The average molecular weight is 393 g/mol. The van der Waals surface area contributed by atoms with Gasteiger partial charge in [-0.25, -0.2) is 9.69 Å². The topological polar surface area (TPSA) is 88.1 Å². The minimum atomic E-state index is -1.19. The summed E-state index contributed by atoms with van der Waals surface area (Å²) >= 11 is 0. The zero-order chi connectivity index (χ0) is 21.0. The molecular formula is C22H23N3O4. The molecule has 7 heteroatoms. The fraction of sp³-hybridized carbons (Fsp3) is 0.273. The third-order valence-corrected chi connectivity index (χ3v) is 4.98. The number of urea groups is 1. The van der Waals surface area contributed by atoms with Crippen LogP contribution in [0.3, 0.4) is 0 Å². The molecule has 3 rings (SSSR count). The highest BCUT2D eigenvalue weighted by atomic mass is 16.5. The first-order valence-corrected chi connectivity index (χ1v) is 9.41. The fourth-order valence-electron chi connectivity index (χ4n) is 2.98. The van der Waals surface area contributed by atoms with E-state index in [0.717, 1.165) is 11.3 Å². The number of benzene rings is 2. The average Bonchev–Trinajstić information content (AvgIpc) is 2.73. The van der Waals surface area contributed by atoms with Crippen LogP contribution < -0.4 is 15.0 Å². The lowest BCUT2D eigenvalue weighted by molar-refractivity contribution is -0.131. The summed E-state index contributed by atoms with van der Waals surface area (Å²) in [5, 5.41) is 2.21. The van der Waals surface area contributed by atoms with Crippen LogP contribution in [0.5, 0.6) is 5.75 Å². The van der Waals surface area contributed by atoms with Gasteiger partial charge >= 0.3 is 6.03 Å². The van der Waals surface area contributed by atoms with Gasteiger partial charge < -0.3 is 4.74 Å². The van der Waals surface area contributed by atoms with Gasteiger partial charge in [-0.3, -0.25) is 19.9 Å². The summed E-state index contributed by atoms with van der Waals surface area (Å²) in [5.74, 6) is -1.49. The molecule has 0 bridgehead atoms. The lowest BCUT2D eigenvalue weighted by atomic mass is 9.99. The molecule has 0 aliphatic carbocycles. The minimum absolute atomic E-state index is 0.345. The molecule has 1 aliphatic rings. The predicted octanol–water partition coefficient (Wildman–Crippen LogP) is 3.81. The van der Waals surface area contributed by atoms with Crippen LogP contribution >= 0.6 is 0 Å². The summed E-state index contributed by atoms with van der Waals surface area (Å²) in [6.45, 7) is 4.27. The van der Waals surface area contributed by atoms with Gasteiger partial charge in [-0.15, -0.1) is 0 Å². The van der Waals surface area contributed by atoms with E-state index in [1.807, 2.05) is 24.3 Å². The van der Waals surface area contributed by atoms with Crippen LogP contribution in [0.1, 0.15) is 31.7 Å². The number of methoxy groups -OCH3 is 1. The summed E-state index contributed by atoms with van der Waals surface area (Å²) in [6.07, 6.45) is 2.31. The van der Waals surface area contributed by atoms with E-state index in [1.54, 1.807) is 24.3 Å². The minimum Gasteiger partial charge on any atom is -0.497 e. The summed E-state index contributed by atoms with van der Waals surface area (Å²) < 4.78 is 5.09. The maximum atomic E-state index is 12.8. The number of carbonyl (C=O) groups is 3. The number of aliphatic imine (C=N–C) groups is 1. The van der Waals surface area contributed by atoms with Gasteiger partial charge in [-0.05, 0) is 54.3 Å². The second-order valence-corrected chi connectivity index (χ2v) is 6.82. The number of rotatable bonds is 6. The van der Waals surface area contributed by atoms with E-state index in [2.05, 4.69) is 24.2 Å². The zero-order valence-corrected chi connectivity index (χ0v) is 16.6. The number of hydrogen-bond acceptors (Lipinski definition) is 5. The second-order valence-electron chi connectivity index (χ2n) is 6.82. The Hall–Kier alpha value is -3.48. The molecule has 7 nitrogen and oxygen atoms in total. The Morgan fingerprint density at radius 2 is 1.76 bits per heavy atom. The van der Waals surface area contributed by atoms with Crippen LogP contribution in [0.15, 0.2) is 53.5 Å². The van der Waals surface area contributed by atoms with E-state index in [9.17, 15) is 14.4 Å². The Balaban J connectivity index is 1.80. The van der Waals surface area contributed by atoms with Gasteiger partial charge in [0.05, 0.1) is 18.5 Å². The number of nitrogens with zero attached hydrogens (tertiary/aromatic N) is 2. The van der Waals surface area contributed by atoms with Crippen molar-refractivity contribution in [2.45, 2.75) is 26.2 Å². The van der Waals surface area contributed by atoms with E-state index in [0.29, 0.717) is 23.0 Å².